The van der Waals surface area contributed by atoms with Crippen molar-refractivity contribution in [3.63, 3.8) is 0 Å². The van der Waals surface area contributed by atoms with Gasteiger partial charge in [0, 0.05) is 29.6 Å². The summed E-state index contributed by atoms with van der Waals surface area (Å²) < 4.78 is 5.55. The van der Waals surface area contributed by atoms with Crippen LogP contribution in [0.25, 0.3) is 10.9 Å². The van der Waals surface area contributed by atoms with E-state index in [-0.39, 0.29) is 5.92 Å². The molecule has 6 rings (SSSR count). The topological polar surface area (TPSA) is 45.3 Å². The molecule has 4 bridgehead atoms. The standard InChI is InChI=1S/C20H22N2O2/c1-3-11-9-22-16-8-14-12-5-4-6-18(24-2)20(12)21-19(14)17(22)7-13(11)15(16)10-23/h3-6,10,13,15-17,21H,7-9H2,1-2H3. The van der Waals surface area contributed by atoms with E-state index in [1.165, 1.54) is 28.5 Å². The molecule has 0 saturated carbocycles. The predicted molar refractivity (Wildman–Crippen MR) is 93.2 cm³/mol. The lowest BCUT2D eigenvalue weighted by molar-refractivity contribution is -0.121. The first kappa shape index (κ1) is 14.3. The largest absolute Gasteiger partial charge is 0.495 e. The zero-order chi connectivity index (χ0) is 16.4. The number of hydrogen-bond acceptors (Lipinski definition) is 3. The molecular weight excluding hydrogens is 300 g/mol. The maximum atomic E-state index is 11.8. The number of benzene rings is 1. The molecule has 3 fully saturated rings. The van der Waals surface area contributed by atoms with Crippen molar-refractivity contribution in [2.45, 2.75) is 31.8 Å². The highest BCUT2D eigenvalue weighted by Crippen LogP contribution is 2.53. The third-order valence-electron chi connectivity index (χ3n) is 6.48. The maximum Gasteiger partial charge on any atom is 0.142 e. The molecule has 5 unspecified atom stereocenters. The number of hydrogen-bond donors (Lipinski definition) is 1. The van der Waals surface area contributed by atoms with Gasteiger partial charge in [0.05, 0.1) is 18.7 Å². The van der Waals surface area contributed by atoms with Gasteiger partial charge in [0.2, 0.25) is 0 Å². The lowest BCUT2D eigenvalue weighted by atomic mass is 9.64. The number of ether oxygens (including phenoxy) is 1. The fourth-order valence-electron chi connectivity index (χ4n) is 5.39. The SMILES string of the molecule is CC=C1CN2C3CC1C(C=O)C2Cc1c3[nH]c2c(OC)cccc12. The molecule has 5 atom stereocenters. The molecule has 1 aromatic heterocycles. The van der Waals surface area contributed by atoms with E-state index in [0.717, 1.165) is 30.7 Å². The zero-order valence-corrected chi connectivity index (χ0v) is 14.1. The average molecular weight is 322 g/mol. The maximum absolute atomic E-state index is 11.8. The Morgan fingerprint density at radius 2 is 2.25 bits per heavy atom. The van der Waals surface area contributed by atoms with Crippen LogP contribution in [0.4, 0.5) is 0 Å². The third kappa shape index (κ3) is 1.64. The van der Waals surface area contributed by atoms with Gasteiger partial charge in [0.25, 0.3) is 0 Å². The highest BCUT2D eigenvalue weighted by Gasteiger charge is 2.52. The number of aromatic amines is 1. The molecule has 1 N–H and O–H groups in total. The Bertz CT molecular complexity index is 866. The second-order valence-electron chi connectivity index (χ2n) is 7.28. The fraction of sp³-hybridized carbons (Fsp3) is 0.450. The molecule has 0 spiro atoms. The number of nitrogens with one attached hydrogen (secondary N) is 1. The van der Waals surface area contributed by atoms with Crippen LogP contribution in [0.1, 0.15) is 30.6 Å². The van der Waals surface area contributed by atoms with Gasteiger partial charge in [-0.3, -0.25) is 4.90 Å². The monoisotopic (exact) mass is 322 g/mol. The van der Waals surface area contributed by atoms with Gasteiger partial charge in [0.15, 0.2) is 0 Å². The van der Waals surface area contributed by atoms with Crippen LogP contribution >= 0.6 is 0 Å². The van der Waals surface area contributed by atoms with Crippen molar-refractivity contribution < 1.29 is 9.53 Å². The minimum Gasteiger partial charge on any atom is -0.495 e. The van der Waals surface area contributed by atoms with Crippen molar-refractivity contribution >= 4 is 17.2 Å². The number of carbonyl (C=O) groups is 1. The Balaban J connectivity index is 1.70. The minimum atomic E-state index is 0.130. The smallest absolute Gasteiger partial charge is 0.142 e. The summed E-state index contributed by atoms with van der Waals surface area (Å²) in [5.74, 6) is 1.44. The van der Waals surface area contributed by atoms with Crippen molar-refractivity contribution in [2.24, 2.45) is 11.8 Å². The van der Waals surface area contributed by atoms with Crippen molar-refractivity contribution in [3.8, 4) is 5.75 Å². The van der Waals surface area contributed by atoms with E-state index >= 15 is 0 Å². The number of piperidine rings is 3. The molecule has 4 nitrogen and oxygen atoms in total. The van der Waals surface area contributed by atoms with Crippen molar-refractivity contribution in [2.75, 3.05) is 13.7 Å². The summed E-state index contributed by atoms with van der Waals surface area (Å²) in [7, 11) is 1.72. The van der Waals surface area contributed by atoms with Gasteiger partial charge in [0.1, 0.15) is 12.0 Å². The van der Waals surface area contributed by atoms with E-state index in [2.05, 4.69) is 35.0 Å². The van der Waals surface area contributed by atoms with Crippen LogP contribution in [0.3, 0.4) is 0 Å². The Kier molecular flexibility index (Phi) is 2.95. The number of fused-ring (bicyclic) bond motifs is 4. The molecule has 1 aromatic carbocycles. The molecule has 0 aliphatic carbocycles. The van der Waals surface area contributed by atoms with E-state index in [0.29, 0.717) is 18.0 Å². The van der Waals surface area contributed by atoms with E-state index in [1.54, 1.807) is 7.11 Å². The first-order chi connectivity index (χ1) is 11.8. The molecular formula is C20H22N2O2. The molecule has 2 aromatic rings. The first-order valence-electron chi connectivity index (χ1n) is 8.80. The van der Waals surface area contributed by atoms with Crippen LogP contribution in [0.5, 0.6) is 5.75 Å². The molecule has 4 heteroatoms. The first-order valence-corrected chi connectivity index (χ1v) is 8.80. The summed E-state index contributed by atoms with van der Waals surface area (Å²) in [5, 5.41) is 1.26. The van der Waals surface area contributed by atoms with Gasteiger partial charge in [-0.15, -0.1) is 0 Å². The fourth-order valence-corrected chi connectivity index (χ4v) is 5.39. The third-order valence-corrected chi connectivity index (χ3v) is 6.48. The van der Waals surface area contributed by atoms with Crippen LogP contribution in [0, 0.1) is 11.8 Å². The Hall–Kier alpha value is -2.07. The van der Waals surface area contributed by atoms with Gasteiger partial charge < -0.3 is 14.5 Å². The molecule has 124 valence electrons. The second-order valence-corrected chi connectivity index (χ2v) is 7.28. The van der Waals surface area contributed by atoms with Gasteiger partial charge >= 0.3 is 0 Å². The number of nitrogens with zero attached hydrogens (tertiary/aromatic N) is 1. The molecule has 24 heavy (non-hydrogen) atoms. The molecule has 3 saturated heterocycles. The second kappa shape index (κ2) is 4.96. The highest BCUT2D eigenvalue weighted by molar-refractivity contribution is 5.90. The van der Waals surface area contributed by atoms with E-state index in [9.17, 15) is 4.79 Å². The van der Waals surface area contributed by atoms with Gasteiger partial charge in [-0.25, -0.2) is 0 Å². The van der Waals surface area contributed by atoms with E-state index < -0.39 is 0 Å². The summed E-state index contributed by atoms with van der Waals surface area (Å²) in [5.41, 5.74) is 5.28. The number of aldehydes is 1. The summed E-state index contributed by atoms with van der Waals surface area (Å²) in [6.45, 7) is 3.11. The van der Waals surface area contributed by atoms with E-state index in [4.69, 9.17) is 4.74 Å². The Labute approximate surface area is 141 Å². The van der Waals surface area contributed by atoms with Crippen LogP contribution in [-0.4, -0.2) is 35.9 Å². The van der Waals surface area contributed by atoms with Gasteiger partial charge in [-0.1, -0.05) is 23.8 Å². The number of carbonyl (C=O) groups excluding carboxylic acids is 1. The summed E-state index contributed by atoms with van der Waals surface area (Å²) >= 11 is 0. The molecule has 5 heterocycles. The van der Waals surface area contributed by atoms with Crippen molar-refractivity contribution in [1.29, 1.82) is 0 Å². The average Bonchev–Trinajstić information content (AvgIpc) is 3.00. The van der Waals surface area contributed by atoms with Crippen LogP contribution in [0.2, 0.25) is 0 Å². The van der Waals surface area contributed by atoms with Crippen molar-refractivity contribution in [1.82, 2.24) is 9.88 Å². The van der Waals surface area contributed by atoms with Crippen LogP contribution in [0.15, 0.2) is 29.8 Å². The van der Waals surface area contributed by atoms with E-state index in [1.807, 2.05) is 6.07 Å². The lowest BCUT2D eigenvalue weighted by Gasteiger charge is -2.57. The van der Waals surface area contributed by atoms with Gasteiger partial charge in [-0.05, 0) is 37.3 Å². The summed E-state index contributed by atoms with van der Waals surface area (Å²) in [6, 6.07) is 6.99. The van der Waals surface area contributed by atoms with Crippen LogP contribution < -0.4 is 4.74 Å². The number of allylic oxidation sites excluding steroid dienone is 1. The minimum absolute atomic E-state index is 0.130. The summed E-state index contributed by atoms with van der Waals surface area (Å²) in [6.07, 6.45) is 5.43. The molecule has 4 aliphatic heterocycles. The number of H-pyrrole nitrogens is 1. The normalized spacial score (nSPS) is 35.2. The Morgan fingerprint density at radius 3 is 3.00 bits per heavy atom. The molecule has 0 radical (unpaired) electrons. The van der Waals surface area contributed by atoms with Gasteiger partial charge in [-0.2, -0.15) is 0 Å². The van der Waals surface area contributed by atoms with Crippen molar-refractivity contribution in [3.05, 3.63) is 41.1 Å². The van der Waals surface area contributed by atoms with Crippen LogP contribution in [-0.2, 0) is 11.2 Å². The predicted octanol–water partition coefficient (Wildman–Crippen LogP) is 3.24. The summed E-state index contributed by atoms with van der Waals surface area (Å²) in [4.78, 5) is 18.1. The number of rotatable bonds is 2. The zero-order valence-electron chi connectivity index (χ0n) is 14.1. The quantitative estimate of drug-likeness (QED) is 0.682. The number of para-hydroxylation sites is 1. The lowest BCUT2D eigenvalue weighted by Crippen LogP contribution is -2.60. The molecule has 0 amide bonds. The number of aromatic nitrogens is 1. The Morgan fingerprint density at radius 1 is 1.38 bits per heavy atom. The highest BCUT2D eigenvalue weighted by atomic mass is 16.5. The molecule has 4 aliphatic rings. The number of methoxy groups -OCH3 is 1.